The SMILES string of the molecule is CC1c2ccsc2CCN1CC(=O)Nc1ccc(C(=O)N(C)C)cc1. The van der Waals surface area contributed by atoms with E-state index in [0.29, 0.717) is 17.8 Å². The van der Waals surface area contributed by atoms with Crippen LogP contribution in [0.25, 0.3) is 0 Å². The summed E-state index contributed by atoms with van der Waals surface area (Å²) in [4.78, 5) is 29.4. The van der Waals surface area contributed by atoms with Crippen molar-refractivity contribution in [1.29, 1.82) is 0 Å². The number of carbonyl (C=O) groups excluding carboxylic acids is 2. The number of nitrogens with one attached hydrogen (secondary N) is 1. The predicted molar refractivity (Wildman–Crippen MR) is 101 cm³/mol. The Morgan fingerprint density at radius 3 is 2.64 bits per heavy atom. The molecule has 1 unspecified atom stereocenters. The van der Waals surface area contributed by atoms with E-state index in [4.69, 9.17) is 0 Å². The highest BCUT2D eigenvalue weighted by Crippen LogP contribution is 2.32. The standard InChI is InChI=1S/C19H23N3O2S/c1-13-16-9-11-25-17(16)8-10-22(13)12-18(23)20-15-6-4-14(5-7-15)19(24)21(2)3/h4-7,9,11,13H,8,10,12H2,1-3H3,(H,20,23). The van der Waals surface area contributed by atoms with Crippen molar-refractivity contribution in [1.82, 2.24) is 9.80 Å². The highest BCUT2D eigenvalue weighted by atomic mass is 32.1. The van der Waals surface area contributed by atoms with E-state index >= 15 is 0 Å². The van der Waals surface area contributed by atoms with Gasteiger partial charge in [-0.2, -0.15) is 0 Å². The van der Waals surface area contributed by atoms with Crippen LogP contribution in [0.15, 0.2) is 35.7 Å². The minimum absolute atomic E-state index is 0.0304. The molecule has 2 aromatic rings. The van der Waals surface area contributed by atoms with Gasteiger partial charge in [-0.05, 0) is 54.6 Å². The van der Waals surface area contributed by atoms with Gasteiger partial charge in [0, 0.05) is 42.8 Å². The highest BCUT2D eigenvalue weighted by molar-refractivity contribution is 7.10. The van der Waals surface area contributed by atoms with E-state index in [1.165, 1.54) is 15.3 Å². The monoisotopic (exact) mass is 357 g/mol. The molecule has 1 aliphatic heterocycles. The van der Waals surface area contributed by atoms with Crippen LogP contribution in [0.5, 0.6) is 0 Å². The third-order valence-corrected chi connectivity index (χ3v) is 5.57. The first-order valence-corrected chi connectivity index (χ1v) is 9.25. The molecule has 1 aliphatic rings. The van der Waals surface area contributed by atoms with Crippen LogP contribution >= 0.6 is 11.3 Å². The third kappa shape index (κ3) is 3.91. The molecule has 0 saturated heterocycles. The lowest BCUT2D eigenvalue weighted by molar-refractivity contribution is -0.117. The van der Waals surface area contributed by atoms with Crippen LogP contribution in [0.2, 0.25) is 0 Å². The average Bonchev–Trinajstić information content (AvgIpc) is 3.07. The molecule has 0 radical (unpaired) electrons. The smallest absolute Gasteiger partial charge is 0.253 e. The molecule has 1 aromatic carbocycles. The van der Waals surface area contributed by atoms with Crippen LogP contribution in [0.3, 0.4) is 0 Å². The zero-order valence-electron chi connectivity index (χ0n) is 14.8. The van der Waals surface area contributed by atoms with Crippen molar-refractivity contribution in [2.75, 3.05) is 32.5 Å². The summed E-state index contributed by atoms with van der Waals surface area (Å²) in [7, 11) is 3.44. The molecule has 0 aliphatic carbocycles. The number of hydrogen-bond acceptors (Lipinski definition) is 4. The van der Waals surface area contributed by atoms with Gasteiger partial charge < -0.3 is 10.2 Å². The van der Waals surface area contributed by atoms with Gasteiger partial charge in [0.1, 0.15) is 0 Å². The lowest BCUT2D eigenvalue weighted by atomic mass is 10.0. The van der Waals surface area contributed by atoms with Crippen molar-refractivity contribution >= 4 is 28.8 Å². The maximum Gasteiger partial charge on any atom is 0.253 e. The number of amides is 2. The van der Waals surface area contributed by atoms with Crippen LogP contribution in [0.4, 0.5) is 5.69 Å². The van der Waals surface area contributed by atoms with Crippen LogP contribution in [0.1, 0.15) is 33.8 Å². The fourth-order valence-corrected chi connectivity index (χ4v) is 4.08. The molecule has 6 heteroatoms. The molecule has 0 saturated carbocycles. The van der Waals surface area contributed by atoms with Gasteiger partial charge in [-0.15, -0.1) is 11.3 Å². The summed E-state index contributed by atoms with van der Waals surface area (Å²) >= 11 is 1.80. The van der Waals surface area contributed by atoms with Crippen molar-refractivity contribution in [2.24, 2.45) is 0 Å². The molecule has 0 spiro atoms. The molecule has 2 heterocycles. The van der Waals surface area contributed by atoms with Crippen molar-refractivity contribution in [2.45, 2.75) is 19.4 Å². The van der Waals surface area contributed by atoms with Gasteiger partial charge in [0.2, 0.25) is 5.91 Å². The number of fused-ring (bicyclic) bond motifs is 1. The van der Waals surface area contributed by atoms with Gasteiger partial charge in [0.05, 0.1) is 6.54 Å². The number of rotatable bonds is 4. The van der Waals surface area contributed by atoms with E-state index in [9.17, 15) is 9.59 Å². The Labute approximate surface area is 152 Å². The second-order valence-electron chi connectivity index (χ2n) is 6.52. The molecule has 1 aromatic heterocycles. The largest absolute Gasteiger partial charge is 0.345 e. The Morgan fingerprint density at radius 2 is 1.96 bits per heavy atom. The van der Waals surface area contributed by atoms with Gasteiger partial charge in [0.15, 0.2) is 0 Å². The molecule has 1 atom stereocenters. The molecule has 3 rings (SSSR count). The maximum absolute atomic E-state index is 12.4. The lowest BCUT2D eigenvalue weighted by Crippen LogP contribution is -2.39. The Bertz CT molecular complexity index is 767. The number of carbonyl (C=O) groups is 2. The fraction of sp³-hybridized carbons (Fsp3) is 0.368. The maximum atomic E-state index is 12.4. The van der Waals surface area contributed by atoms with Crippen LogP contribution in [0, 0.1) is 0 Å². The molecule has 0 bridgehead atoms. The minimum atomic E-state index is -0.0495. The summed E-state index contributed by atoms with van der Waals surface area (Å²) in [5.41, 5.74) is 2.66. The van der Waals surface area contributed by atoms with Crippen molar-refractivity contribution in [3.05, 3.63) is 51.7 Å². The summed E-state index contributed by atoms with van der Waals surface area (Å²) in [5.74, 6) is -0.0798. The Morgan fingerprint density at radius 1 is 1.24 bits per heavy atom. The summed E-state index contributed by atoms with van der Waals surface area (Å²) in [6.07, 6.45) is 1.01. The zero-order valence-corrected chi connectivity index (χ0v) is 15.6. The Kier molecular flexibility index (Phi) is 5.20. The van der Waals surface area contributed by atoms with E-state index in [2.05, 4.69) is 28.6 Å². The molecule has 25 heavy (non-hydrogen) atoms. The van der Waals surface area contributed by atoms with Crippen LogP contribution in [-0.2, 0) is 11.2 Å². The second-order valence-corrected chi connectivity index (χ2v) is 7.52. The quantitative estimate of drug-likeness (QED) is 0.915. The fourth-order valence-electron chi connectivity index (χ4n) is 3.12. The van der Waals surface area contributed by atoms with Gasteiger partial charge in [-0.25, -0.2) is 0 Å². The van der Waals surface area contributed by atoms with Crippen LogP contribution in [-0.4, -0.2) is 48.8 Å². The minimum Gasteiger partial charge on any atom is -0.345 e. The van der Waals surface area contributed by atoms with Crippen molar-refractivity contribution in [3.63, 3.8) is 0 Å². The molecule has 0 fully saturated rings. The second kappa shape index (κ2) is 7.37. The lowest BCUT2D eigenvalue weighted by Gasteiger charge is -2.32. The van der Waals surface area contributed by atoms with Gasteiger partial charge >= 0.3 is 0 Å². The normalized spacial score (nSPS) is 17.0. The van der Waals surface area contributed by atoms with Crippen molar-refractivity contribution in [3.8, 4) is 0 Å². The Hall–Kier alpha value is -2.18. The summed E-state index contributed by atoms with van der Waals surface area (Å²) < 4.78 is 0. The number of thiophene rings is 1. The average molecular weight is 357 g/mol. The van der Waals surface area contributed by atoms with E-state index in [1.54, 1.807) is 49.7 Å². The van der Waals surface area contributed by atoms with Crippen LogP contribution < -0.4 is 5.32 Å². The topological polar surface area (TPSA) is 52.7 Å². The number of nitrogens with zero attached hydrogens (tertiary/aromatic N) is 2. The third-order valence-electron chi connectivity index (χ3n) is 4.57. The predicted octanol–water partition coefficient (Wildman–Crippen LogP) is 3.01. The summed E-state index contributed by atoms with van der Waals surface area (Å²) in [6.45, 7) is 3.42. The van der Waals surface area contributed by atoms with Gasteiger partial charge in [-0.1, -0.05) is 0 Å². The molecule has 2 amide bonds. The van der Waals surface area contributed by atoms with E-state index in [1.807, 2.05) is 0 Å². The molecule has 5 nitrogen and oxygen atoms in total. The molecular weight excluding hydrogens is 334 g/mol. The molecular formula is C19H23N3O2S. The van der Waals surface area contributed by atoms with Gasteiger partial charge in [-0.3, -0.25) is 14.5 Å². The number of anilines is 1. The summed E-state index contributed by atoms with van der Waals surface area (Å²) in [6, 6.07) is 9.44. The number of benzene rings is 1. The van der Waals surface area contributed by atoms with Gasteiger partial charge in [0.25, 0.3) is 5.91 Å². The molecule has 1 N–H and O–H groups in total. The highest BCUT2D eigenvalue weighted by Gasteiger charge is 2.26. The number of hydrogen-bond donors (Lipinski definition) is 1. The van der Waals surface area contributed by atoms with E-state index < -0.39 is 0 Å². The first kappa shape index (κ1) is 17.6. The zero-order chi connectivity index (χ0) is 18.0. The first-order valence-electron chi connectivity index (χ1n) is 8.37. The summed E-state index contributed by atoms with van der Waals surface area (Å²) in [5, 5.41) is 5.05. The Balaban J connectivity index is 1.59. The molecule has 132 valence electrons. The van der Waals surface area contributed by atoms with E-state index in [-0.39, 0.29) is 17.9 Å². The van der Waals surface area contributed by atoms with E-state index in [0.717, 1.165) is 13.0 Å². The van der Waals surface area contributed by atoms with Crippen molar-refractivity contribution < 1.29 is 9.59 Å². The first-order chi connectivity index (χ1) is 12.0.